The first-order chi connectivity index (χ1) is 8.49. The summed E-state index contributed by atoms with van der Waals surface area (Å²) in [5.74, 6) is 2.61. The maximum absolute atomic E-state index is 4.80. The number of nitrogens with zero attached hydrogens (tertiary/aromatic N) is 2. The Bertz CT molecular complexity index is 416. The van der Waals surface area contributed by atoms with Crippen molar-refractivity contribution in [3.05, 3.63) is 15.1 Å². The Morgan fingerprint density at radius 1 is 1.33 bits per heavy atom. The van der Waals surface area contributed by atoms with Crippen molar-refractivity contribution in [1.82, 2.24) is 9.97 Å². The van der Waals surface area contributed by atoms with Crippen molar-refractivity contribution in [3.8, 4) is 0 Å². The van der Waals surface area contributed by atoms with Gasteiger partial charge in [0.1, 0.15) is 11.6 Å². The Morgan fingerprint density at radius 2 is 2.00 bits per heavy atom. The molecule has 0 radical (unpaired) electrons. The van der Waals surface area contributed by atoms with Crippen molar-refractivity contribution in [2.24, 2.45) is 5.41 Å². The highest BCUT2D eigenvalue weighted by molar-refractivity contribution is 14.1. The first-order valence-corrected chi connectivity index (χ1v) is 7.87. The van der Waals surface area contributed by atoms with E-state index in [2.05, 4.69) is 55.6 Å². The Balaban J connectivity index is 2.36. The molecule has 0 aromatic carbocycles. The Hall–Kier alpha value is -0.390. The van der Waals surface area contributed by atoms with Gasteiger partial charge in [0, 0.05) is 12.5 Å². The van der Waals surface area contributed by atoms with Crippen molar-refractivity contribution >= 4 is 28.4 Å². The van der Waals surface area contributed by atoms with Crippen molar-refractivity contribution in [2.75, 3.05) is 11.9 Å². The lowest BCUT2D eigenvalue weighted by Gasteiger charge is -2.12. The van der Waals surface area contributed by atoms with Gasteiger partial charge >= 0.3 is 0 Å². The van der Waals surface area contributed by atoms with Crippen molar-refractivity contribution in [2.45, 2.75) is 52.9 Å². The molecule has 1 aliphatic carbocycles. The first kappa shape index (κ1) is 14.0. The molecule has 1 aromatic rings. The van der Waals surface area contributed by atoms with Crippen molar-refractivity contribution in [3.63, 3.8) is 0 Å². The van der Waals surface area contributed by atoms with Gasteiger partial charge < -0.3 is 5.32 Å². The second-order valence-corrected chi connectivity index (χ2v) is 6.80. The second-order valence-electron chi connectivity index (χ2n) is 5.72. The largest absolute Gasteiger partial charge is 0.369 e. The summed E-state index contributed by atoms with van der Waals surface area (Å²) in [5, 5.41) is 3.37. The van der Waals surface area contributed by atoms with Gasteiger partial charge in [-0.05, 0) is 47.8 Å². The molecular weight excluding hydrogens is 337 g/mol. The molecule has 1 heterocycles. The zero-order chi connectivity index (χ0) is 13.3. The number of hydrogen-bond acceptors (Lipinski definition) is 3. The fraction of sp³-hybridized carbons (Fsp3) is 0.714. The van der Waals surface area contributed by atoms with Gasteiger partial charge in [0.05, 0.1) is 9.26 Å². The molecule has 1 aliphatic rings. The zero-order valence-electron chi connectivity index (χ0n) is 11.7. The molecule has 100 valence electrons. The van der Waals surface area contributed by atoms with E-state index in [0.29, 0.717) is 11.3 Å². The minimum Gasteiger partial charge on any atom is -0.369 e. The van der Waals surface area contributed by atoms with E-state index in [1.54, 1.807) is 0 Å². The molecule has 1 N–H and O–H groups in total. The van der Waals surface area contributed by atoms with Crippen LogP contribution >= 0.6 is 22.6 Å². The van der Waals surface area contributed by atoms with Gasteiger partial charge in [0.25, 0.3) is 0 Å². The number of anilines is 1. The van der Waals surface area contributed by atoms with Crippen LogP contribution in [0.3, 0.4) is 0 Å². The Morgan fingerprint density at radius 3 is 2.50 bits per heavy atom. The summed E-state index contributed by atoms with van der Waals surface area (Å²) >= 11 is 2.37. The molecule has 18 heavy (non-hydrogen) atoms. The van der Waals surface area contributed by atoms with Gasteiger partial charge in [0.15, 0.2) is 0 Å². The number of hydrogen-bond donors (Lipinski definition) is 1. The van der Waals surface area contributed by atoms with Crippen LogP contribution in [-0.2, 0) is 6.42 Å². The number of rotatable bonds is 5. The summed E-state index contributed by atoms with van der Waals surface area (Å²) in [6.07, 6.45) is 3.39. The van der Waals surface area contributed by atoms with Gasteiger partial charge in [-0.3, -0.25) is 0 Å². The molecule has 0 saturated heterocycles. The van der Waals surface area contributed by atoms with E-state index in [0.717, 1.165) is 31.0 Å². The Kier molecular flexibility index (Phi) is 4.14. The SMILES string of the molecule is CCCc1nc(C2CC2(C)C)nc(NCC)c1I. The van der Waals surface area contributed by atoms with E-state index in [1.165, 1.54) is 15.7 Å². The molecule has 0 amide bonds. The predicted molar refractivity (Wildman–Crippen MR) is 84.0 cm³/mol. The summed E-state index contributed by atoms with van der Waals surface area (Å²) in [5.41, 5.74) is 1.60. The molecule has 1 unspecified atom stereocenters. The highest BCUT2D eigenvalue weighted by atomic mass is 127. The van der Waals surface area contributed by atoms with Crippen LogP contribution in [0, 0.1) is 8.99 Å². The van der Waals surface area contributed by atoms with Gasteiger partial charge in [-0.1, -0.05) is 27.2 Å². The van der Waals surface area contributed by atoms with Crippen LogP contribution in [0.2, 0.25) is 0 Å². The summed E-state index contributed by atoms with van der Waals surface area (Å²) < 4.78 is 1.19. The quantitative estimate of drug-likeness (QED) is 0.809. The average molecular weight is 359 g/mol. The molecular formula is C14H22IN3. The average Bonchev–Trinajstić information content (AvgIpc) is 2.94. The highest BCUT2D eigenvalue weighted by Gasteiger charge is 2.48. The van der Waals surface area contributed by atoms with Crippen molar-refractivity contribution in [1.29, 1.82) is 0 Å². The number of aromatic nitrogens is 2. The van der Waals surface area contributed by atoms with Gasteiger partial charge in [-0.2, -0.15) is 0 Å². The molecule has 1 atom stereocenters. The van der Waals surface area contributed by atoms with Crippen molar-refractivity contribution < 1.29 is 0 Å². The molecule has 1 saturated carbocycles. The van der Waals surface area contributed by atoms with E-state index in [9.17, 15) is 0 Å². The third kappa shape index (κ3) is 2.78. The van der Waals surface area contributed by atoms with E-state index in [1.807, 2.05) is 0 Å². The van der Waals surface area contributed by atoms with Crippen LogP contribution in [0.15, 0.2) is 0 Å². The van der Waals surface area contributed by atoms with E-state index >= 15 is 0 Å². The summed E-state index contributed by atoms with van der Waals surface area (Å²) in [6, 6.07) is 0. The molecule has 2 rings (SSSR count). The Labute approximate surface area is 123 Å². The molecule has 1 aromatic heterocycles. The van der Waals surface area contributed by atoms with Crippen LogP contribution in [0.4, 0.5) is 5.82 Å². The molecule has 0 aliphatic heterocycles. The van der Waals surface area contributed by atoms with Crippen LogP contribution in [0.25, 0.3) is 0 Å². The fourth-order valence-electron chi connectivity index (χ4n) is 2.26. The maximum atomic E-state index is 4.80. The first-order valence-electron chi connectivity index (χ1n) is 6.79. The van der Waals surface area contributed by atoms with E-state index in [-0.39, 0.29) is 0 Å². The smallest absolute Gasteiger partial charge is 0.143 e. The molecule has 0 bridgehead atoms. The fourth-order valence-corrected chi connectivity index (χ4v) is 2.97. The van der Waals surface area contributed by atoms with Crippen LogP contribution in [0.1, 0.15) is 58.0 Å². The summed E-state index contributed by atoms with van der Waals surface area (Å²) in [4.78, 5) is 9.54. The topological polar surface area (TPSA) is 37.8 Å². The van der Waals surface area contributed by atoms with Gasteiger partial charge in [-0.25, -0.2) is 9.97 Å². The monoisotopic (exact) mass is 359 g/mol. The summed E-state index contributed by atoms with van der Waals surface area (Å²) in [7, 11) is 0. The minimum atomic E-state index is 0.389. The lowest BCUT2D eigenvalue weighted by molar-refractivity contribution is 0.606. The third-order valence-corrected chi connectivity index (χ3v) is 4.73. The van der Waals surface area contributed by atoms with Crippen LogP contribution in [-0.4, -0.2) is 16.5 Å². The zero-order valence-corrected chi connectivity index (χ0v) is 13.8. The third-order valence-electron chi connectivity index (χ3n) is 3.59. The van der Waals surface area contributed by atoms with E-state index < -0.39 is 0 Å². The summed E-state index contributed by atoms with van der Waals surface area (Å²) in [6.45, 7) is 9.81. The number of nitrogens with one attached hydrogen (secondary N) is 1. The number of halogens is 1. The molecule has 1 fully saturated rings. The van der Waals surface area contributed by atoms with Gasteiger partial charge in [-0.15, -0.1) is 0 Å². The normalized spacial score (nSPS) is 20.8. The minimum absolute atomic E-state index is 0.389. The van der Waals surface area contributed by atoms with Crippen LogP contribution in [0.5, 0.6) is 0 Å². The highest BCUT2D eigenvalue weighted by Crippen LogP contribution is 2.57. The van der Waals surface area contributed by atoms with Gasteiger partial charge in [0.2, 0.25) is 0 Å². The molecule has 3 nitrogen and oxygen atoms in total. The lowest BCUT2D eigenvalue weighted by atomic mass is 10.1. The van der Waals surface area contributed by atoms with Crippen LogP contribution < -0.4 is 5.32 Å². The second kappa shape index (κ2) is 5.31. The predicted octanol–water partition coefficient (Wildman–Crippen LogP) is 3.98. The number of aryl methyl sites for hydroxylation is 1. The maximum Gasteiger partial charge on any atom is 0.143 e. The lowest BCUT2D eigenvalue weighted by Crippen LogP contribution is -2.10. The standard InChI is InChI=1S/C14H22IN3/c1-5-7-10-11(15)13(16-6-2)18-12(17-10)9-8-14(9,3)4/h9H,5-8H2,1-4H3,(H,16,17,18). The molecule has 0 spiro atoms. The molecule has 4 heteroatoms. The van der Waals surface area contributed by atoms with E-state index in [4.69, 9.17) is 9.97 Å².